The summed E-state index contributed by atoms with van der Waals surface area (Å²) in [4.78, 5) is 25.6. The van der Waals surface area contributed by atoms with Gasteiger partial charge in [0, 0.05) is 30.8 Å². The predicted octanol–water partition coefficient (Wildman–Crippen LogP) is 2.42. The quantitative estimate of drug-likeness (QED) is 0.505. The molecule has 1 heterocycles. The van der Waals surface area contributed by atoms with E-state index in [-0.39, 0.29) is 42.5 Å². The molecule has 2 rings (SSSR count). The molecule has 0 aliphatic heterocycles. The number of carbonyl (C=O) groups excluding carboxylic acids is 2. The van der Waals surface area contributed by atoms with Crippen molar-refractivity contribution in [2.24, 2.45) is 0 Å². The van der Waals surface area contributed by atoms with Gasteiger partial charge in [-0.3, -0.25) is 9.59 Å². The number of hydrogen-bond donors (Lipinski definition) is 2. The maximum Gasteiger partial charge on any atom is 0.240 e. The second-order valence-electron chi connectivity index (χ2n) is 5.89. The fraction of sp³-hybridized carbons (Fsp3) is 0.333. The van der Waals surface area contributed by atoms with Crippen molar-refractivity contribution in [2.45, 2.75) is 31.6 Å². The predicted molar refractivity (Wildman–Crippen MR) is 102 cm³/mol. The number of carbonyl (C=O) groups is 2. The Morgan fingerprint density at radius 2 is 1.65 bits per heavy atom. The van der Waals surface area contributed by atoms with Gasteiger partial charge in [-0.25, -0.2) is 13.1 Å². The standard InChI is InChI=1S/C18H22N2O4S2/c1-13-3-6-15(7-4-13)26(23,24)20-12-11-19-18(22)10-8-16(21)17-9-5-14(2)25-17/h3-7,9,20H,8,10-12H2,1-2H3,(H,19,22). The Balaban J connectivity index is 1.69. The maximum atomic E-state index is 12.1. The summed E-state index contributed by atoms with van der Waals surface area (Å²) in [6.07, 6.45) is 0.224. The van der Waals surface area contributed by atoms with E-state index in [2.05, 4.69) is 10.0 Å². The molecule has 140 valence electrons. The van der Waals surface area contributed by atoms with Gasteiger partial charge in [0.05, 0.1) is 9.77 Å². The Hall–Kier alpha value is -2.03. The molecule has 0 saturated carbocycles. The molecule has 1 aromatic heterocycles. The maximum absolute atomic E-state index is 12.1. The van der Waals surface area contributed by atoms with Gasteiger partial charge in [-0.1, -0.05) is 17.7 Å². The summed E-state index contributed by atoms with van der Waals surface area (Å²) >= 11 is 1.41. The van der Waals surface area contributed by atoms with E-state index in [4.69, 9.17) is 0 Å². The lowest BCUT2D eigenvalue weighted by molar-refractivity contribution is -0.121. The molecule has 0 aliphatic rings. The van der Waals surface area contributed by atoms with Crippen molar-refractivity contribution in [2.75, 3.05) is 13.1 Å². The minimum atomic E-state index is -3.59. The van der Waals surface area contributed by atoms with E-state index in [0.717, 1.165) is 10.4 Å². The Kier molecular flexibility index (Phi) is 7.07. The lowest BCUT2D eigenvalue weighted by Gasteiger charge is -2.08. The van der Waals surface area contributed by atoms with Crippen LogP contribution in [0.1, 0.15) is 33.0 Å². The van der Waals surface area contributed by atoms with Crippen LogP contribution in [0.4, 0.5) is 0 Å². The fourth-order valence-corrected chi connectivity index (χ4v) is 4.08. The van der Waals surface area contributed by atoms with Crippen molar-refractivity contribution in [3.05, 3.63) is 51.7 Å². The molecule has 6 nitrogen and oxygen atoms in total. The molecule has 1 amide bonds. The van der Waals surface area contributed by atoms with Crippen molar-refractivity contribution < 1.29 is 18.0 Å². The van der Waals surface area contributed by atoms with Crippen LogP contribution in [0.2, 0.25) is 0 Å². The van der Waals surface area contributed by atoms with E-state index in [0.29, 0.717) is 4.88 Å². The molecule has 2 N–H and O–H groups in total. The second-order valence-corrected chi connectivity index (χ2v) is 8.95. The van der Waals surface area contributed by atoms with Gasteiger partial charge in [0.15, 0.2) is 5.78 Å². The van der Waals surface area contributed by atoms with Gasteiger partial charge in [-0.2, -0.15) is 0 Å². The largest absolute Gasteiger partial charge is 0.355 e. The zero-order valence-corrected chi connectivity index (χ0v) is 16.4. The zero-order chi connectivity index (χ0) is 19.2. The molecule has 0 saturated heterocycles. The molecule has 2 aromatic rings. The van der Waals surface area contributed by atoms with Crippen LogP contribution in [-0.2, 0) is 14.8 Å². The normalized spacial score (nSPS) is 11.3. The van der Waals surface area contributed by atoms with Gasteiger partial charge in [0.2, 0.25) is 15.9 Å². The molecule has 1 aromatic carbocycles. The van der Waals surface area contributed by atoms with E-state index in [1.807, 2.05) is 19.9 Å². The molecule has 0 spiro atoms. The lowest BCUT2D eigenvalue weighted by atomic mass is 10.2. The third-order valence-corrected chi connectivity index (χ3v) is 6.18. The first-order valence-corrected chi connectivity index (χ1v) is 10.5. The summed E-state index contributed by atoms with van der Waals surface area (Å²) in [5, 5.41) is 2.61. The van der Waals surface area contributed by atoms with Crippen molar-refractivity contribution in [1.29, 1.82) is 0 Å². The van der Waals surface area contributed by atoms with Crippen LogP contribution in [0.5, 0.6) is 0 Å². The molecule has 0 aliphatic carbocycles. The topological polar surface area (TPSA) is 92.3 Å². The first-order chi connectivity index (χ1) is 12.3. The summed E-state index contributed by atoms with van der Waals surface area (Å²) in [6, 6.07) is 10.2. The Morgan fingerprint density at radius 3 is 2.27 bits per heavy atom. The highest BCUT2D eigenvalue weighted by molar-refractivity contribution is 7.89. The number of ketones is 1. The van der Waals surface area contributed by atoms with E-state index in [9.17, 15) is 18.0 Å². The van der Waals surface area contributed by atoms with Gasteiger partial charge >= 0.3 is 0 Å². The Morgan fingerprint density at radius 1 is 0.962 bits per heavy atom. The van der Waals surface area contributed by atoms with Crippen LogP contribution in [0.3, 0.4) is 0 Å². The number of thiophene rings is 1. The first-order valence-electron chi connectivity index (χ1n) is 8.20. The molecule has 8 heteroatoms. The number of aryl methyl sites for hydroxylation is 2. The number of nitrogens with one attached hydrogen (secondary N) is 2. The van der Waals surface area contributed by atoms with Gasteiger partial charge in [0.1, 0.15) is 0 Å². The minimum Gasteiger partial charge on any atom is -0.355 e. The Bertz CT molecular complexity index is 871. The van der Waals surface area contributed by atoms with Crippen LogP contribution >= 0.6 is 11.3 Å². The lowest BCUT2D eigenvalue weighted by Crippen LogP contribution is -2.34. The van der Waals surface area contributed by atoms with Gasteiger partial charge in [-0.05, 0) is 38.1 Å². The van der Waals surface area contributed by atoms with Crippen LogP contribution in [0.15, 0.2) is 41.3 Å². The minimum absolute atomic E-state index is 0.0571. The molecule has 0 atom stereocenters. The van der Waals surface area contributed by atoms with Crippen molar-refractivity contribution in [3.8, 4) is 0 Å². The second kappa shape index (κ2) is 9.07. The highest BCUT2D eigenvalue weighted by Gasteiger charge is 2.14. The number of hydrogen-bond acceptors (Lipinski definition) is 5. The van der Waals surface area contributed by atoms with E-state index in [1.165, 1.54) is 23.5 Å². The molecule has 0 fully saturated rings. The van der Waals surface area contributed by atoms with Crippen molar-refractivity contribution >= 4 is 33.1 Å². The smallest absolute Gasteiger partial charge is 0.240 e. The van der Waals surface area contributed by atoms with Crippen LogP contribution in [-0.4, -0.2) is 33.2 Å². The number of benzene rings is 1. The van der Waals surface area contributed by atoms with Crippen molar-refractivity contribution in [1.82, 2.24) is 10.0 Å². The SMILES string of the molecule is Cc1ccc(S(=O)(=O)NCCNC(=O)CCC(=O)c2ccc(C)s2)cc1. The molecular weight excluding hydrogens is 372 g/mol. The summed E-state index contributed by atoms with van der Waals surface area (Å²) in [5.74, 6) is -0.334. The third kappa shape index (κ3) is 6.05. The molecular formula is C18H22N2O4S2. The number of rotatable bonds is 9. The van der Waals surface area contributed by atoms with Crippen LogP contribution < -0.4 is 10.0 Å². The van der Waals surface area contributed by atoms with Gasteiger partial charge in [0.25, 0.3) is 0 Å². The van der Waals surface area contributed by atoms with Crippen LogP contribution in [0.25, 0.3) is 0 Å². The monoisotopic (exact) mass is 394 g/mol. The molecule has 0 radical (unpaired) electrons. The highest BCUT2D eigenvalue weighted by Crippen LogP contribution is 2.17. The average Bonchev–Trinajstić information content (AvgIpc) is 3.03. The zero-order valence-electron chi connectivity index (χ0n) is 14.7. The third-order valence-electron chi connectivity index (χ3n) is 3.66. The summed E-state index contributed by atoms with van der Waals surface area (Å²) in [7, 11) is -3.59. The summed E-state index contributed by atoms with van der Waals surface area (Å²) < 4.78 is 26.6. The summed E-state index contributed by atoms with van der Waals surface area (Å²) in [5.41, 5.74) is 0.975. The molecule has 0 unspecified atom stereocenters. The van der Waals surface area contributed by atoms with Crippen molar-refractivity contribution in [3.63, 3.8) is 0 Å². The van der Waals surface area contributed by atoms with E-state index in [1.54, 1.807) is 18.2 Å². The number of amides is 1. The Labute approximate surface area is 157 Å². The highest BCUT2D eigenvalue weighted by atomic mass is 32.2. The van der Waals surface area contributed by atoms with Gasteiger partial charge in [-0.15, -0.1) is 11.3 Å². The van der Waals surface area contributed by atoms with Crippen LogP contribution in [0, 0.1) is 13.8 Å². The van der Waals surface area contributed by atoms with E-state index >= 15 is 0 Å². The number of sulfonamides is 1. The number of Topliss-reactive ketones (excluding diaryl/α,β-unsaturated/α-hetero) is 1. The molecule has 26 heavy (non-hydrogen) atoms. The van der Waals surface area contributed by atoms with E-state index < -0.39 is 10.0 Å². The average molecular weight is 395 g/mol. The first kappa shape index (κ1) is 20.3. The molecule has 0 bridgehead atoms. The fourth-order valence-electron chi connectivity index (χ4n) is 2.21. The summed E-state index contributed by atoms with van der Waals surface area (Å²) in [6.45, 7) is 4.05. The van der Waals surface area contributed by atoms with Gasteiger partial charge < -0.3 is 5.32 Å².